The summed E-state index contributed by atoms with van der Waals surface area (Å²) in [6, 6.07) is 3.87. The summed E-state index contributed by atoms with van der Waals surface area (Å²) in [5.74, 6) is 2.35. The Balaban J connectivity index is 2.16. The highest BCUT2D eigenvalue weighted by Gasteiger charge is 2.26. The second-order valence-electron chi connectivity index (χ2n) is 4.49. The van der Waals surface area contributed by atoms with Gasteiger partial charge in [-0.15, -0.1) is 11.6 Å². The Morgan fingerprint density at radius 2 is 2.41 bits per heavy atom. The predicted octanol–water partition coefficient (Wildman–Crippen LogP) is 2.93. The smallest absolute Gasteiger partial charge is 0.171 e. The molecule has 0 N–H and O–H groups in total. The third-order valence-corrected chi connectivity index (χ3v) is 3.79. The van der Waals surface area contributed by atoms with Gasteiger partial charge in [-0.05, 0) is 31.4 Å². The molecule has 1 aliphatic rings. The number of ether oxygens (including phenoxy) is 1. The Labute approximate surface area is 108 Å². The van der Waals surface area contributed by atoms with Gasteiger partial charge in [0.05, 0.1) is 12.0 Å². The molecule has 3 nitrogen and oxygen atoms in total. The third-order valence-electron chi connectivity index (χ3n) is 3.22. The molecule has 2 atom stereocenters. The van der Waals surface area contributed by atoms with Crippen molar-refractivity contribution in [3.63, 3.8) is 0 Å². The fourth-order valence-corrected chi connectivity index (χ4v) is 2.39. The maximum absolute atomic E-state index is 6.33. The Morgan fingerprint density at radius 1 is 1.59 bits per heavy atom. The van der Waals surface area contributed by atoms with Gasteiger partial charge in [0.15, 0.2) is 11.6 Å². The Kier molecular flexibility index (Phi) is 4.11. The number of hydrogen-bond donors (Lipinski definition) is 0. The Hall–Kier alpha value is -0.960. The Morgan fingerprint density at radius 3 is 3.12 bits per heavy atom. The summed E-state index contributed by atoms with van der Waals surface area (Å²) in [6.45, 7) is 6.70. The van der Waals surface area contributed by atoms with E-state index in [4.69, 9.17) is 16.3 Å². The molecule has 2 unspecified atom stereocenters. The lowest BCUT2D eigenvalue weighted by atomic mass is 9.98. The van der Waals surface area contributed by atoms with Crippen LogP contribution in [0.5, 0.6) is 5.75 Å². The van der Waals surface area contributed by atoms with Gasteiger partial charge in [-0.25, -0.2) is 4.98 Å². The van der Waals surface area contributed by atoms with E-state index in [0.29, 0.717) is 12.5 Å². The highest BCUT2D eigenvalue weighted by molar-refractivity contribution is 6.21. The second kappa shape index (κ2) is 5.58. The molecule has 1 aliphatic heterocycles. The monoisotopic (exact) mass is 254 g/mol. The van der Waals surface area contributed by atoms with E-state index in [-0.39, 0.29) is 5.38 Å². The molecular formula is C13H19ClN2O. The molecule has 4 heteroatoms. The number of piperidine rings is 1. The van der Waals surface area contributed by atoms with E-state index in [0.717, 1.165) is 31.1 Å². The molecule has 1 aromatic rings. The molecule has 17 heavy (non-hydrogen) atoms. The minimum absolute atomic E-state index is 0.195. The van der Waals surface area contributed by atoms with E-state index in [9.17, 15) is 0 Å². The van der Waals surface area contributed by atoms with Crippen LogP contribution in [0.3, 0.4) is 0 Å². The molecular weight excluding hydrogens is 236 g/mol. The van der Waals surface area contributed by atoms with Crippen LogP contribution >= 0.6 is 11.6 Å². The number of hydrogen-bond acceptors (Lipinski definition) is 3. The van der Waals surface area contributed by atoms with Gasteiger partial charge >= 0.3 is 0 Å². The van der Waals surface area contributed by atoms with Gasteiger partial charge in [-0.3, -0.25) is 0 Å². The normalized spacial score (nSPS) is 24.8. The lowest BCUT2D eigenvalue weighted by Gasteiger charge is -2.35. The second-order valence-corrected chi connectivity index (χ2v) is 5.05. The number of halogens is 1. The van der Waals surface area contributed by atoms with Crippen molar-refractivity contribution in [3.8, 4) is 5.75 Å². The van der Waals surface area contributed by atoms with Crippen molar-refractivity contribution < 1.29 is 4.74 Å². The Bertz CT molecular complexity index is 372. The van der Waals surface area contributed by atoms with Crippen LogP contribution in [-0.2, 0) is 0 Å². The van der Waals surface area contributed by atoms with Crippen LogP contribution in [0.1, 0.15) is 20.3 Å². The highest BCUT2D eigenvalue weighted by atomic mass is 35.5. The molecule has 0 spiro atoms. The molecule has 0 aliphatic carbocycles. The van der Waals surface area contributed by atoms with Gasteiger partial charge in [0.1, 0.15) is 0 Å². The molecule has 0 aromatic carbocycles. The molecule has 94 valence electrons. The number of aromatic nitrogens is 1. The first kappa shape index (κ1) is 12.5. The van der Waals surface area contributed by atoms with Crippen LogP contribution in [0.15, 0.2) is 18.3 Å². The molecule has 0 radical (unpaired) electrons. The highest BCUT2D eigenvalue weighted by Crippen LogP contribution is 2.30. The van der Waals surface area contributed by atoms with E-state index >= 15 is 0 Å². The average molecular weight is 255 g/mol. The number of anilines is 1. The van der Waals surface area contributed by atoms with Crippen LogP contribution in [0, 0.1) is 5.92 Å². The van der Waals surface area contributed by atoms with Crippen LogP contribution < -0.4 is 9.64 Å². The molecule has 2 heterocycles. The maximum Gasteiger partial charge on any atom is 0.171 e. The molecule has 1 saturated heterocycles. The molecule has 0 saturated carbocycles. The number of alkyl halides is 1. The largest absolute Gasteiger partial charge is 0.490 e. The zero-order valence-electron chi connectivity index (χ0n) is 10.4. The first-order valence-corrected chi connectivity index (χ1v) is 6.62. The maximum atomic E-state index is 6.33. The number of pyridine rings is 1. The van der Waals surface area contributed by atoms with E-state index in [1.54, 1.807) is 6.20 Å². The quantitative estimate of drug-likeness (QED) is 0.776. The van der Waals surface area contributed by atoms with Crippen molar-refractivity contribution in [2.75, 3.05) is 24.6 Å². The summed E-state index contributed by atoms with van der Waals surface area (Å²) in [4.78, 5) is 6.65. The lowest BCUT2D eigenvalue weighted by molar-refractivity contribution is 0.337. The van der Waals surface area contributed by atoms with Gasteiger partial charge in [-0.2, -0.15) is 0 Å². The molecule has 1 fully saturated rings. The van der Waals surface area contributed by atoms with Gasteiger partial charge < -0.3 is 9.64 Å². The summed E-state index contributed by atoms with van der Waals surface area (Å²) in [6.07, 6.45) is 2.91. The van der Waals surface area contributed by atoms with Gasteiger partial charge in [0.2, 0.25) is 0 Å². The van der Waals surface area contributed by atoms with E-state index < -0.39 is 0 Å². The van der Waals surface area contributed by atoms with Crippen molar-refractivity contribution in [3.05, 3.63) is 18.3 Å². The van der Waals surface area contributed by atoms with Crippen LogP contribution in [0.25, 0.3) is 0 Å². The summed E-state index contributed by atoms with van der Waals surface area (Å²) in [5.41, 5.74) is 0. The first-order chi connectivity index (χ1) is 8.22. The summed E-state index contributed by atoms with van der Waals surface area (Å²) < 4.78 is 5.61. The minimum atomic E-state index is 0.195. The molecule has 0 amide bonds. The van der Waals surface area contributed by atoms with Gasteiger partial charge in [0, 0.05) is 19.3 Å². The summed E-state index contributed by atoms with van der Waals surface area (Å²) in [5, 5.41) is 0.195. The molecule has 0 bridgehead atoms. The SMILES string of the molecule is CCOc1cccnc1N1CCC(C)C(Cl)C1. The van der Waals surface area contributed by atoms with Crippen LogP contribution in [-0.4, -0.2) is 30.1 Å². The topological polar surface area (TPSA) is 25.4 Å². The zero-order valence-corrected chi connectivity index (χ0v) is 11.2. The van der Waals surface area contributed by atoms with Crippen molar-refractivity contribution in [2.24, 2.45) is 5.92 Å². The van der Waals surface area contributed by atoms with Crippen molar-refractivity contribution >= 4 is 17.4 Å². The van der Waals surface area contributed by atoms with Crippen molar-refractivity contribution in [1.82, 2.24) is 4.98 Å². The van der Waals surface area contributed by atoms with Crippen LogP contribution in [0.4, 0.5) is 5.82 Å². The lowest BCUT2D eigenvalue weighted by Crippen LogP contribution is -2.41. The summed E-state index contributed by atoms with van der Waals surface area (Å²) in [7, 11) is 0. The summed E-state index contributed by atoms with van der Waals surface area (Å²) >= 11 is 6.33. The average Bonchev–Trinajstić information content (AvgIpc) is 2.34. The molecule has 1 aromatic heterocycles. The van der Waals surface area contributed by atoms with Gasteiger partial charge in [0.25, 0.3) is 0 Å². The fraction of sp³-hybridized carbons (Fsp3) is 0.615. The van der Waals surface area contributed by atoms with Crippen molar-refractivity contribution in [2.45, 2.75) is 25.6 Å². The molecule has 2 rings (SSSR count). The predicted molar refractivity (Wildman–Crippen MR) is 71.0 cm³/mol. The number of rotatable bonds is 3. The zero-order chi connectivity index (χ0) is 12.3. The van der Waals surface area contributed by atoms with E-state index in [2.05, 4.69) is 16.8 Å². The van der Waals surface area contributed by atoms with Crippen LogP contribution in [0.2, 0.25) is 0 Å². The standard InChI is InChI=1S/C13H19ClN2O/c1-3-17-12-5-4-7-15-13(12)16-8-6-10(2)11(14)9-16/h4-5,7,10-11H,3,6,8-9H2,1-2H3. The minimum Gasteiger partial charge on any atom is -0.490 e. The first-order valence-electron chi connectivity index (χ1n) is 6.19. The van der Waals surface area contributed by atoms with Crippen molar-refractivity contribution in [1.29, 1.82) is 0 Å². The fourth-order valence-electron chi connectivity index (χ4n) is 2.10. The number of nitrogens with zero attached hydrogens (tertiary/aromatic N) is 2. The van der Waals surface area contributed by atoms with E-state index in [1.807, 2.05) is 19.1 Å². The van der Waals surface area contributed by atoms with E-state index in [1.165, 1.54) is 0 Å². The third kappa shape index (κ3) is 2.83. The van der Waals surface area contributed by atoms with Gasteiger partial charge in [-0.1, -0.05) is 6.92 Å².